The van der Waals surface area contributed by atoms with Crippen LogP contribution in [0.1, 0.15) is 40.0 Å². The number of carboxylic acid groups (broad SMARTS) is 1. The van der Waals surface area contributed by atoms with Gasteiger partial charge in [0.05, 0.1) is 0 Å². The van der Waals surface area contributed by atoms with Crippen molar-refractivity contribution in [3.8, 4) is 0 Å². The number of carboxylic acids is 1. The number of hydrogen-bond acceptors (Lipinski definition) is 3. The Balaban J connectivity index is 3.62. The van der Waals surface area contributed by atoms with E-state index in [1.807, 2.05) is 20.8 Å². The molecule has 1 atom stereocenters. The van der Waals surface area contributed by atoms with Crippen LogP contribution >= 0.6 is 0 Å². The Morgan fingerprint density at radius 1 is 0.952 bits per heavy atom. The highest BCUT2D eigenvalue weighted by atomic mass is 16.4. The number of amides is 3. The molecule has 0 saturated carbocycles. The van der Waals surface area contributed by atoms with Crippen LogP contribution in [0.5, 0.6) is 0 Å². The van der Waals surface area contributed by atoms with E-state index in [1.165, 1.54) is 0 Å². The van der Waals surface area contributed by atoms with E-state index >= 15 is 0 Å². The van der Waals surface area contributed by atoms with Crippen LogP contribution in [-0.2, 0) is 9.59 Å². The molecule has 0 aliphatic rings. The van der Waals surface area contributed by atoms with Crippen LogP contribution in [0.15, 0.2) is 0 Å². The third-order valence-electron chi connectivity index (χ3n) is 2.81. The van der Waals surface area contributed by atoms with Crippen LogP contribution in [0.2, 0.25) is 0 Å². The first-order chi connectivity index (χ1) is 9.81. The average Bonchev–Trinajstić information content (AvgIpc) is 2.40. The van der Waals surface area contributed by atoms with Crippen LogP contribution in [0.25, 0.3) is 0 Å². The van der Waals surface area contributed by atoms with Gasteiger partial charge in [-0.3, -0.25) is 9.59 Å². The lowest BCUT2D eigenvalue weighted by molar-refractivity contribution is -0.137. The second-order valence-corrected chi connectivity index (χ2v) is 5.62. The van der Waals surface area contributed by atoms with E-state index in [2.05, 4.69) is 16.0 Å². The summed E-state index contributed by atoms with van der Waals surface area (Å²) in [5, 5.41) is 16.6. The van der Waals surface area contributed by atoms with E-state index in [0.29, 0.717) is 25.4 Å². The minimum atomic E-state index is -0.835. The van der Waals surface area contributed by atoms with Crippen molar-refractivity contribution in [1.29, 1.82) is 0 Å². The molecule has 0 fully saturated rings. The lowest BCUT2D eigenvalue weighted by atomic mass is 10.1. The molecule has 7 heteroatoms. The van der Waals surface area contributed by atoms with Crippen molar-refractivity contribution < 1.29 is 19.5 Å². The Morgan fingerprint density at radius 3 is 2.19 bits per heavy atom. The largest absolute Gasteiger partial charge is 0.481 e. The highest BCUT2D eigenvalue weighted by Gasteiger charge is 2.08. The van der Waals surface area contributed by atoms with Crippen LogP contribution in [0, 0.1) is 11.8 Å². The first kappa shape index (κ1) is 19.2. The van der Waals surface area contributed by atoms with Gasteiger partial charge in [0.1, 0.15) is 0 Å². The van der Waals surface area contributed by atoms with Crippen molar-refractivity contribution in [2.24, 2.45) is 11.8 Å². The van der Waals surface area contributed by atoms with Crippen molar-refractivity contribution in [2.75, 3.05) is 19.6 Å². The number of hydrogen-bond donors (Lipinski definition) is 4. The molecule has 1 unspecified atom stereocenters. The maximum Gasteiger partial charge on any atom is 0.314 e. The first-order valence-corrected chi connectivity index (χ1v) is 7.31. The average molecular weight is 301 g/mol. The van der Waals surface area contributed by atoms with Gasteiger partial charge in [-0.05, 0) is 18.3 Å². The predicted molar refractivity (Wildman–Crippen MR) is 79.9 cm³/mol. The molecule has 0 radical (unpaired) electrons. The second kappa shape index (κ2) is 10.9. The monoisotopic (exact) mass is 301 g/mol. The minimum Gasteiger partial charge on any atom is -0.481 e. The summed E-state index contributed by atoms with van der Waals surface area (Å²) in [4.78, 5) is 33.3. The van der Waals surface area contributed by atoms with E-state index in [-0.39, 0.29) is 37.2 Å². The second-order valence-electron chi connectivity index (χ2n) is 5.62. The van der Waals surface area contributed by atoms with Crippen LogP contribution in [0.4, 0.5) is 4.79 Å². The lowest BCUT2D eigenvalue weighted by Gasteiger charge is -2.12. The Bertz CT molecular complexity index is 345. The molecular weight excluding hydrogens is 274 g/mol. The van der Waals surface area contributed by atoms with Crippen LogP contribution in [0.3, 0.4) is 0 Å². The zero-order valence-electron chi connectivity index (χ0n) is 13.1. The summed E-state index contributed by atoms with van der Waals surface area (Å²) in [5.41, 5.74) is 0. The van der Waals surface area contributed by atoms with Crippen LogP contribution in [-0.4, -0.2) is 42.6 Å². The molecule has 122 valence electrons. The molecule has 0 rings (SSSR count). The minimum absolute atomic E-state index is 0.0844. The smallest absolute Gasteiger partial charge is 0.314 e. The van der Waals surface area contributed by atoms with Gasteiger partial charge in [0.25, 0.3) is 0 Å². The molecular formula is C14H27N3O4. The maximum absolute atomic E-state index is 11.5. The fourth-order valence-electron chi connectivity index (χ4n) is 1.50. The topological polar surface area (TPSA) is 108 Å². The van der Waals surface area contributed by atoms with Crippen molar-refractivity contribution in [3.63, 3.8) is 0 Å². The SMILES string of the molecule is CC(C)CNC(=O)CCNC(=O)NCC(C)CCC(=O)O. The molecule has 0 aliphatic carbocycles. The summed E-state index contributed by atoms with van der Waals surface area (Å²) >= 11 is 0. The molecule has 0 bridgehead atoms. The highest BCUT2D eigenvalue weighted by Crippen LogP contribution is 2.03. The first-order valence-electron chi connectivity index (χ1n) is 7.31. The molecule has 4 N–H and O–H groups in total. The van der Waals surface area contributed by atoms with Crippen molar-refractivity contribution >= 4 is 17.9 Å². The van der Waals surface area contributed by atoms with Gasteiger partial charge < -0.3 is 21.1 Å². The highest BCUT2D eigenvalue weighted by molar-refractivity contribution is 5.78. The van der Waals surface area contributed by atoms with E-state index in [1.54, 1.807) is 0 Å². The third-order valence-corrected chi connectivity index (χ3v) is 2.81. The standard InChI is InChI=1S/C14H27N3O4/c1-10(2)8-16-12(18)6-7-15-14(21)17-9-11(3)4-5-13(19)20/h10-11H,4-9H2,1-3H3,(H,16,18)(H,19,20)(H2,15,17,21). The zero-order chi connectivity index (χ0) is 16.3. The summed E-state index contributed by atoms with van der Waals surface area (Å²) in [7, 11) is 0. The van der Waals surface area contributed by atoms with Gasteiger partial charge in [-0.15, -0.1) is 0 Å². The summed E-state index contributed by atoms with van der Waals surface area (Å²) in [6.07, 6.45) is 0.864. The molecule has 0 aromatic heterocycles. The summed E-state index contributed by atoms with van der Waals surface area (Å²) in [6, 6.07) is -0.339. The Morgan fingerprint density at radius 2 is 1.62 bits per heavy atom. The summed E-state index contributed by atoms with van der Waals surface area (Å²) in [6.45, 7) is 7.22. The number of rotatable bonds is 10. The lowest BCUT2D eigenvalue weighted by Crippen LogP contribution is -2.39. The van der Waals surface area contributed by atoms with Gasteiger partial charge in [0.15, 0.2) is 0 Å². The number of urea groups is 1. The Kier molecular flexibility index (Phi) is 10.0. The van der Waals surface area contributed by atoms with Crippen molar-refractivity contribution in [3.05, 3.63) is 0 Å². The van der Waals surface area contributed by atoms with Crippen molar-refractivity contribution in [2.45, 2.75) is 40.0 Å². The quantitative estimate of drug-likeness (QED) is 0.482. The Hall–Kier alpha value is -1.79. The third kappa shape index (κ3) is 13.0. The number of aliphatic carboxylic acids is 1. The fourth-order valence-corrected chi connectivity index (χ4v) is 1.50. The molecule has 7 nitrogen and oxygen atoms in total. The number of nitrogens with one attached hydrogen (secondary N) is 3. The number of carbonyl (C=O) groups excluding carboxylic acids is 2. The van der Waals surface area contributed by atoms with Gasteiger partial charge in [0.2, 0.25) is 5.91 Å². The van der Waals surface area contributed by atoms with Gasteiger partial charge in [-0.2, -0.15) is 0 Å². The molecule has 0 heterocycles. The van der Waals surface area contributed by atoms with E-state index < -0.39 is 5.97 Å². The maximum atomic E-state index is 11.5. The normalized spacial score (nSPS) is 11.8. The zero-order valence-corrected chi connectivity index (χ0v) is 13.1. The van der Waals surface area contributed by atoms with Crippen LogP contribution < -0.4 is 16.0 Å². The summed E-state index contributed by atoms with van der Waals surface area (Å²) < 4.78 is 0. The van der Waals surface area contributed by atoms with Crippen molar-refractivity contribution in [1.82, 2.24) is 16.0 Å². The molecule has 3 amide bonds. The molecule has 0 aliphatic heterocycles. The van der Waals surface area contributed by atoms with Gasteiger partial charge >= 0.3 is 12.0 Å². The van der Waals surface area contributed by atoms with E-state index in [0.717, 1.165) is 0 Å². The van der Waals surface area contributed by atoms with Gasteiger partial charge in [0, 0.05) is 32.5 Å². The molecule has 0 aromatic rings. The fraction of sp³-hybridized carbons (Fsp3) is 0.786. The van der Waals surface area contributed by atoms with E-state index in [4.69, 9.17) is 5.11 Å². The Labute approximate surface area is 125 Å². The molecule has 0 spiro atoms. The summed E-state index contributed by atoms with van der Waals surface area (Å²) in [5.74, 6) is -0.420. The van der Waals surface area contributed by atoms with E-state index in [9.17, 15) is 14.4 Å². The molecule has 21 heavy (non-hydrogen) atoms. The molecule has 0 aromatic carbocycles. The molecule has 0 saturated heterocycles. The van der Waals surface area contributed by atoms with Gasteiger partial charge in [-0.25, -0.2) is 4.79 Å². The predicted octanol–water partition coefficient (Wildman–Crippen LogP) is 0.949. The number of carbonyl (C=O) groups is 3. The van der Waals surface area contributed by atoms with Gasteiger partial charge in [-0.1, -0.05) is 20.8 Å².